The maximum Gasteiger partial charge on any atom is 0.237 e. The molecule has 1 amide bonds. The maximum atomic E-state index is 12.1. The molecule has 2 N–H and O–H groups in total. The van der Waals surface area contributed by atoms with E-state index in [0.29, 0.717) is 0 Å². The average molecular weight is 260 g/mol. The van der Waals surface area contributed by atoms with Gasteiger partial charge < -0.3 is 10.6 Å². The Morgan fingerprint density at radius 2 is 2.00 bits per heavy atom. The molecule has 3 heteroatoms. The number of benzene rings is 1. The van der Waals surface area contributed by atoms with Crippen molar-refractivity contribution in [3.8, 4) is 0 Å². The Kier molecular flexibility index (Phi) is 4.25. The molecular formula is C16H24N2O. The van der Waals surface area contributed by atoms with Crippen molar-refractivity contribution < 1.29 is 4.79 Å². The van der Waals surface area contributed by atoms with E-state index in [1.165, 1.54) is 11.1 Å². The zero-order valence-electron chi connectivity index (χ0n) is 12.1. The van der Waals surface area contributed by atoms with Crippen molar-refractivity contribution in [3.63, 3.8) is 0 Å². The van der Waals surface area contributed by atoms with Crippen LogP contribution in [-0.4, -0.2) is 18.5 Å². The smallest absolute Gasteiger partial charge is 0.237 e. The van der Waals surface area contributed by atoms with Gasteiger partial charge in [0, 0.05) is 13.1 Å². The third-order valence-electron chi connectivity index (χ3n) is 3.57. The van der Waals surface area contributed by atoms with Crippen LogP contribution in [0.15, 0.2) is 24.3 Å². The molecule has 0 fully saturated rings. The lowest BCUT2D eigenvalue weighted by molar-refractivity contribution is -0.123. The van der Waals surface area contributed by atoms with Crippen molar-refractivity contribution in [3.05, 3.63) is 35.4 Å². The van der Waals surface area contributed by atoms with Gasteiger partial charge >= 0.3 is 0 Å². The number of rotatable bonds is 3. The van der Waals surface area contributed by atoms with E-state index in [0.717, 1.165) is 25.9 Å². The minimum Gasteiger partial charge on any atom is -0.355 e. The van der Waals surface area contributed by atoms with E-state index < -0.39 is 0 Å². The highest BCUT2D eigenvalue weighted by Gasteiger charge is 2.23. The molecule has 104 valence electrons. The van der Waals surface area contributed by atoms with Crippen LogP contribution in [0.1, 0.15) is 38.3 Å². The molecule has 1 aromatic carbocycles. The summed E-state index contributed by atoms with van der Waals surface area (Å²) in [5.41, 5.74) is 2.86. The lowest BCUT2D eigenvalue weighted by atomic mass is 9.92. The summed E-state index contributed by atoms with van der Waals surface area (Å²) in [5.74, 6) is 0.124. The molecule has 1 aliphatic rings. The molecule has 1 unspecified atom stereocenters. The standard InChI is InChI=1S/C16H24N2O/c1-16(2,3)8-9-17-15(19)14-10-12-6-4-5-7-13(12)11-18-14/h4-7,14,18H,8-11H2,1-3H3,(H,17,19). The second kappa shape index (κ2) is 5.74. The van der Waals surface area contributed by atoms with E-state index in [-0.39, 0.29) is 17.4 Å². The zero-order chi connectivity index (χ0) is 13.9. The topological polar surface area (TPSA) is 41.1 Å². The van der Waals surface area contributed by atoms with E-state index in [2.05, 4.69) is 43.5 Å². The highest BCUT2D eigenvalue weighted by molar-refractivity contribution is 5.82. The predicted octanol–water partition coefficient (Wildman–Crippen LogP) is 2.25. The average Bonchev–Trinajstić information content (AvgIpc) is 2.36. The lowest BCUT2D eigenvalue weighted by Crippen LogP contribution is -2.48. The van der Waals surface area contributed by atoms with Crippen LogP contribution >= 0.6 is 0 Å². The van der Waals surface area contributed by atoms with E-state index >= 15 is 0 Å². The van der Waals surface area contributed by atoms with E-state index in [9.17, 15) is 4.79 Å². The first kappa shape index (κ1) is 14.1. The summed E-state index contributed by atoms with van der Waals surface area (Å²) in [4.78, 5) is 12.1. The third kappa shape index (κ3) is 4.06. The van der Waals surface area contributed by atoms with Crippen molar-refractivity contribution >= 4 is 5.91 Å². The normalized spacial score (nSPS) is 18.8. The van der Waals surface area contributed by atoms with Gasteiger partial charge in [0.1, 0.15) is 0 Å². The van der Waals surface area contributed by atoms with E-state index in [1.54, 1.807) is 0 Å². The zero-order valence-corrected chi connectivity index (χ0v) is 12.1. The lowest BCUT2D eigenvalue weighted by Gasteiger charge is -2.26. The molecule has 0 spiro atoms. The fraction of sp³-hybridized carbons (Fsp3) is 0.562. The minimum atomic E-state index is -0.0881. The number of nitrogens with one attached hydrogen (secondary N) is 2. The summed E-state index contributed by atoms with van der Waals surface area (Å²) in [6, 6.07) is 8.24. The molecule has 0 aliphatic carbocycles. The van der Waals surface area contributed by atoms with Crippen LogP contribution in [0.5, 0.6) is 0 Å². The molecule has 0 radical (unpaired) electrons. The quantitative estimate of drug-likeness (QED) is 0.875. The second-order valence-corrected chi connectivity index (χ2v) is 6.51. The van der Waals surface area contributed by atoms with Crippen LogP contribution in [0.2, 0.25) is 0 Å². The number of hydrogen-bond acceptors (Lipinski definition) is 2. The van der Waals surface area contributed by atoms with Crippen LogP contribution in [0.25, 0.3) is 0 Å². The van der Waals surface area contributed by atoms with Crippen molar-refractivity contribution in [2.45, 2.75) is 46.2 Å². The Morgan fingerprint density at radius 3 is 2.68 bits per heavy atom. The van der Waals surface area contributed by atoms with Crippen molar-refractivity contribution in [1.82, 2.24) is 10.6 Å². The van der Waals surface area contributed by atoms with Gasteiger partial charge in [0.05, 0.1) is 6.04 Å². The predicted molar refractivity (Wildman–Crippen MR) is 77.9 cm³/mol. The van der Waals surface area contributed by atoms with Gasteiger partial charge in [-0.05, 0) is 29.4 Å². The molecule has 1 atom stereocenters. The number of fused-ring (bicyclic) bond motifs is 1. The first-order valence-corrected chi connectivity index (χ1v) is 7.03. The summed E-state index contributed by atoms with van der Waals surface area (Å²) >= 11 is 0. The van der Waals surface area contributed by atoms with Crippen molar-refractivity contribution in [1.29, 1.82) is 0 Å². The summed E-state index contributed by atoms with van der Waals surface area (Å²) in [6.45, 7) is 8.10. The molecule has 1 aliphatic heterocycles. The molecule has 1 heterocycles. The molecule has 0 saturated carbocycles. The number of carbonyl (C=O) groups is 1. The Morgan fingerprint density at radius 1 is 1.32 bits per heavy atom. The van der Waals surface area contributed by atoms with Gasteiger partial charge in [0.2, 0.25) is 5.91 Å². The highest BCUT2D eigenvalue weighted by atomic mass is 16.2. The van der Waals surface area contributed by atoms with Crippen molar-refractivity contribution in [2.75, 3.05) is 6.54 Å². The fourth-order valence-electron chi connectivity index (χ4n) is 2.32. The third-order valence-corrected chi connectivity index (χ3v) is 3.57. The fourth-order valence-corrected chi connectivity index (χ4v) is 2.32. The number of hydrogen-bond donors (Lipinski definition) is 2. The first-order valence-electron chi connectivity index (χ1n) is 7.03. The largest absolute Gasteiger partial charge is 0.355 e. The van der Waals surface area contributed by atoms with Gasteiger partial charge in [-0.3, -0.25) is 4.79 Å². The molecular weight excluding hydrogens is 236 g/mol. The Bertz CT molecular complexity index is 448. The van der Waals surface area contributed by atoms with Crippen molar-refractivity contribution in [2.24, 2.45) is 5.41 Å². The van der Waals surface area contributed by atoms with E-state index in [4.69, 9.17) is 0 Å². The Balaban J connectivity index is 1.85. The second-order valence-electron chi connectivity index (χ2n) is 6.51. The van der Waals surface area contributed by atoms with Crippen LogP contribution in [0.4, 0.5) is 0 Å². The van der Waals surface area contributed by atoms with Crippen LogP contribution in [0, 0.1) is 5.41 Å². The van der Waals surface area contributed by atoms with Gasteiger partial charge in [0.15, 0.2) is 0 Å². The molecule has 1 aromatic rings. The highest BCUT2D eigenvalue weighted by Crippen LogP contribution is 2.18. The Hall–Kier alpha value is -1.35. The van der Waals surface area contributed by atoms with Gasteiger partial charge in [-0.2, -0.15) is 0 Å². The number of carbonyl (C=O) groups excluding carboxylic acids is 1. The minimum absolute atomic E-state index is 0.0881. The molecule has 2 rings (SSSR count). The molecule has 0 saturated heterocycles. The summed E-state index contributed by atoms with van der Waals surface area (Å²) in [6.07, 6.45) is 1.79. The van der Waals surface area contributed by atoms with Crippen LogP contribution in [0.3, 0.4) is 0 Å². The van der Waals surface area contributed by atoms with Crippen LogP contribution in [-0.2, 0) is 17.8 Å². The van der Waals surface area contributed by atoms with Gasteiger partial charge in [-0.1, -0.05) is 45.0 Å². The van der Waals surface area contributed by atoms with E-state index in [1.807, 2.05) is 12.1 Å². The van der Waals surface area contributed by atoms with Crippen LogP contribution < -0.4 is 10.6 Å². The summed E-state index contributed by atoms with van der Waals surface area (Å²) in [5, 5.41) is 6.35. The number of amides is 1. The SMILES string of the molecule is CC(C)(C)CCNC(=O)C1Cc2ccccc2CN1. The molecule has 3 nitrogen and oxygen atoms in total. The maximum absolute atomic E-state index is 12.1. The van der Waals surface area contributed by atoms with Gasteiger partial charge in [0.25, 0.3) is 0 Å². The van der Waals surface area contributed by atoms with Gasteiger partial charge in [-0.25, -0.2) is 0 Å². The molecule has 19 heavy (non-hydrogen) atoms. The first-order chi connectivity index (χ1) is 8.96. The monoisotopic (exact) mass is 260 g/mol. The van der Waals surface area contributed by atoms with Gasteiger partial charge in [-0.15, -0.1) is 0 Å². The Labute approximate surface area is 115 Å². The summed E-state index contributed by atoms with van der Waals surface area (Å²) in [7, 11) is 0. The summed E-state index contributed by atoms with van der Waals surface area (Å²) < 4.78 is 0. The molecule has 0 aromatic heterocycles. The molecule has 0 bridgehead atoms.